The number of aliphatic hydroxyl groups is 1. The second-order valence-corrected chi connectivity index (χ2v) is 5.01. The van der Waals surface area contributed by atoms with Gasteiger partial charge in [0.05, 0.1) is 23.8 Å². The molecule has 0 unspecified atom stereocenters. The van der Waals surface area contributed by atoms with E-state index in [-0.39, 0.29) is 12.2 Å². The van der Waals surface area contributed by atoms with Gasteiger partial charge in [-0.2, -0.15) is 5.26 Å². The number of aliphatic hydroxyl groups excluding tert-OH is 1. The monoisotopic (exact) mass is 339 g/mol. The smallest absolute Gasteiger partial charge is 0.340 e. The van der Waals surface area contributed by atoms with Crippen LogP contribution >= 0.6 is 0 Å². The number of esters is 1. The number of para-hydroxylation sites is 1. The maximum absolute atomic E-state index is 12.1. The van der Waals surface area contributed by atoms with E-state index in [2.05, 4.69) is 10.6 Å². The average molecular weight is 339 g/mol. The zero-order chi connectivity index (χ0) is 18.1. The van der Waals surface area contributed by atoms with Crippen molar-refractivity contribution in [2.75, 3.05) is 30.4 Å². The molecule has 0 saturated carbocycles. The van der Waals surface area contributed by atoms with Gasteiger partial charge in [-0.3, -0.25) is 4.79 Å². The maximum atomic E-state index is 12.1. The lowest BCUT2D eigenvalue weighted by Gasteiger charge is -2.11. The van der Waals surface area contributed by atoms with Gasteiger partial charge in [-0.25, -0.2) is 4.79 Å². The van der Waals surface area contributed by atoms with Crippen molar-refractivity contribution in [2.45, 2.75) is 0 Å². The van der Waals surface area contributed by atoms with Crippen LogP contribution in [0.1, 0.15) is 15.9 Å². The lowest BCUT2D eigenvalue weighted by molar-refractivity contribution is -0.119. The van der Waals surface area contributed by atoms with Gasteiger partial charge >= 0.3 is 5.97 Å². The topological polar surface area (TPSA) is 111 Å². The molecule has 7 heteroatoms. The Kier molecular flexibility index (Phi) is 6.51. The minimum absolute atomic E-state index is 0.0730. The first-order valence-electron chi connectivity index (χ1n) is 7.55. The summed E-state index contributed by atoms with van der Waals surface area (Å²) < 4.78 is 5.02. The molecule has 0 saturated heterocycles. The second-order valence-electron chi connectivity index (χ2n) is 5.01. The summed E-state index contributed by atoms with van der Waals surface area (Å²) in [5.74, 6) is -1.13. The van der Waals surface area contributed by atoms with Gasteiger partial charge in [0.25, 0.3) is 5.91 Å². The Labute approximate surface area is 144 Å². The fourth-order valence-corrected chi connectivity index (χ4v) is 2.04. The van der Waals surface area contributed by atoms with E-state index < -0.39 is 18.5 Å². The quantitative estimate of drug-likeness (QED) is 0.663. The normalized spacial score (nSPS) is 9.76. The van der Waals surface area contributed by atoms with E-state index in [4.69, 9.17) is 15.1 Å². The highest BCUT2D eigenvalue weighted by Crippen LogP contribution is 2.16. The lowest BCUT2D eigenvalue weighted by atomic mass is 10.2. The minimum atomic E-state index is -0.643. The Hall–Kier alpha value is -3.37. The van der Waals surface area contributed by atoms with Crippen molar-refractivity contribution in [1.29, 1.82) is 5.26 Å². The molecule has 3 N–H and O–H groups in total. The molecule has 7 nitrogen and oxygen atoms in total. The third-order valence-electron chi connectivity index (χ3n) is 3.21. The number of carbonyl (C=O) groups excluding carboxylic acids is 2. The largest absolute Gasteiger partial charge is 0.452 e. The fraction of sp³-hybridized carbons (Fsp3) is 0.167. The highest BCUT2D eigenvalue weighted by atomic mass is 16.5. The molecular weight excluding hydrogens is 322 g/mol. The number of hydrogen-bond donors (Lipinski definition) is 3. The third-order valence-corrected chi connectivity index (χ3v) is 3.21. The van der Waals surface area contributed by atoms with Gasteiger partial charge in [0.15, 0.2) is 6.61 Å². The molecule has 0 radical (unpaired) electrons. The van der Waals surface area contributed by atoms with E-state index in [9.17, 15) is 9.59 Å². The molecule has 1 amide bonds. The number of amides is 1. The van der Waals surface area contributed by atoms with Gasteiger partial charge in [-0.1, -0.05) is 12.1 Å². The predicted molar refractivity (Wildman–Crippen MR) is 92.1 cm³/mol. The number of nitrogens with one attached hydrogen (secondary N) is 2. The Morgan fingerprint density at radius 1 is 1.12 bits per heavy atom. The summed E-state index contributed by atoms with van der Waals surface area (Å²) in [5, 5.41) is 23.1. The second kappa shape index (κ2) is 9.05. The zero-order valence-corrected chi connectivity index (χ0v) is 13.4. The first kappa shape index (κ1) is 18.0. The highest BCUT2D eigenvalue weighted by molar-refractivity contribution is 5.98. The van der Waals surface area contributed by atoms with Crippen LogP contribution in [0.4, 0.5) is 11.4 Å². The van der Waals surface area contributed by atoms with E-state index in [1.807, 2.05) is 6.07 Å². The van der Waals surface area contributed by atoms with Crippen LogP contribution in [-0.4, -0.2) is 36.7 Å². The van der Waals surface area contributed by atoms with Crippen LogP contribution in [0.3, 0.4) is 0 Å². The molecule has 0 aliphatic carbocycles. The SMILES string of the molecule is N#Cc1ccc(NC(=O)COC(=O)c2ccccc2NCCO)cc1. The Balaban J connectivity index is 1.91. The summed E-state index contributed by atoms with van der Waals surface area (Å²) in [6.07, 6.45) is 0. The van der Waals surface area contributed by atoms with E-state index in [1.54, 1.807) is 48.5 Å². The van der Waals surface area contributed by atoms with Crippen molar-refractivity contribution in [1.82, 2.24) is 0 Å². The van der Waals surface area contributed by atoms with E-state index in [1.165, 1.54) is 0 Å². The summed E-state index contributed by atoms with van der Waals surface area (Å²) >= 11 is 0. The molecule has 0 spiro atoms. The third kappa shape index (κ3) is 5.34. The number of nitriles is 1. The van der Waals surface area contributed by atoms with Crippen molar-refractivity contribution < 1.29 is 19.4 Å². The van der Waals surface area contributed by atoms with Gasteiger partial charge in [-0.05, 0) is 36.4 Å². The lowest BCUT2D eigenvalue weighted by Crippen LogP contribution is -2.21. The minimum Gasteiger partial charge on any atom is -0.452 e. The van der Waals surface area contributed by atoms with Crippen LogP contribution in [0, 0.1) is 11.3 Å². The fourth-order valence-electron chi connectivity index (χ4n) is 2.04. The Morgan fingerprint density at radius 2 is 1.84 bits per heavy atom. The summed E-state index contributed by atoms with van der Waals surface area (Å²) in [7, 11) is 0. The van der Waals surface area contributed by atoms with Crippen molar-refractivity contribution in [3.8, 4) is 6.07 Å². The number of hydrogen-bond acceptors (Lipinski definition) is 6. The Morgan fingerprint density at radius 3 is 2.52 bits per heavy atom. The summed E-state index contributed by atoms with van der Waals surface area (Å²) in [6, 6.07) is 15.0. The van der Waals surface area contributed by atoms with Gasteiger partial charge in [0.2, 0.25) is 0 Å². The summed E-state index contributed by atoms with van der Waals surface area (Å²) in [4.78, 5) is 24.0. The van der Waals surface area contributed by atoms with Crippen molar-refractivity contribution in [3.63, 3.8) is 0 Å². The molecule has 2 aromatic rings. The summed E-state index contributed by atoms with van der Waals surface area (Å²) in [5.41, 5.74) is 1.79. The number of carbonyl (C=O) groups is 2. The number of anilines is 2. The van der Waals surface area contributed by atoms with Gasteiger partial charge in [0, 0.05) is 17.9 Å². The predicted octanol–water partition coefficient (Wildman–Crippen LogP) is 1.76. The molecule has 0 aliphatic heterocycles. The van der Waals surface area contributed by atoms with E-state index >= 15 is 0 Å². The van der Waals surface area contributed by atoms with Crippen LogP contribution in [-0.2, 0) is 9.53 Å². The number of rotatable bonds is 7. The van der Waals surface area contributed by atoms with Crippen LogP contribution in [0.2, 0.25) is 0 Å². The molecule has 0 bridgehead atoms. The number of nitrogens with zero attached hydrogens (tertiary/aromatic N) is 1. The Bertz CT molecular complexity index is 782. The molecular formula is C18H17N3O4. The number of benzene rings is 2. The molecule has 2 aromatic carbocycles. The van der Waals surface area contributed by atoms with Crippen molar-refractivity contribution in [2.24, 2.45) is 0 Å². The molecule has 0 heterocycles. The van der Waals surface area contributed by atoms with Crippen LogP contribution in [0.5, 0.6) is 0 Å². The van der Waals surface area contributed by atoms with Crippen LogP contribution in [0.15, 0.2) is 48.5 Å². The highest BCUT2D eigenvalue weighted by Gasteiger charge is 2.14. The molecule has 0 aromatic heterocycles. The summed E-state index contributed by atoms with van der Waals surface area (Å²) in [6.45, 7) is -0.215. The zero-order valence-electron chi connectivity index (χ0n) is 13.4. The van der Waals surface area contributed by atoms with Crippen LogP contribution in [0.25, 0.3) is 0 Å². The average Bonchev–Trinajstić information content (AvgIpc) is 2.65. The molecule has 0 fully saturated rings. The molecule has 0 atom stereocenters. The first-order valence-corrected chi connectivity index (χ1v) is 7.55. The standard InChI is InChI=1S/C18H17N3O4/c19-11-13-5-7-14(8-6-13)21-17(23)12-25-18(24)15-3-1-2-4-16(15)20-9-10-22/h1-8,20,22H,9-10,12H2,(H,21,23). The van der Waals surface area contributed by atoms with Crippen molar-refractivity contribution >= 4 is 23.3 Å². The molecule has 2 rings (SSSR count). The van der Waals surface area contributed by atoms with Gasteiger partial charge < -0.3 is 20.5 Å². The van der Waals surface area contributed by atoms with Crippen LogP contribution < -0.4 is 10.6 Å². The van der Waals surface area contributed by atoms with E-state index in [0.29, 0.717) is 23.5 Å². The molecule has 25 heavy (non-hydrogen) atoms. The maximum Gasteiger partial charge on any atom is 0.340 e. The van der Waals surface area contributed by atoms with Gasteiger partial charge in [-0.15, -0.1) is 0 Å². The number of ether oxygens (including phenoxy) is 1. The van der Waals surface area contributed by atoms with Crippen molar-refractivity contribution in [3.05, 3.63) is 59.7 Å². The first-order chi connectivity index (χ1) is 12.1. The van der Waals surface area contributed by atoms with Gasteiger partial charge in [0.1, 0.15) is 0 Å². The molecule has 0 aliphatic rings. The molecule has 128 valence electrons. The van der Waals surface area contributed by atoms with E-state index in [0.717, 1.165) is 0 Å².